The maximum absolute atomic E-state index is 8.96. The van der Waals surface area contributed by atoms with Crippen LogP contribution in [0.25, 0.3) is 0 Å². The van der Waals surface area contributed by atoms with Gasteiger partial charge in [-0.1, -0.05) is 39.3 Å². The summed E-state index contributed by atoms with van der Waals surface area (Å²) in [4.78, 5) is 7.96. The summed E-state index contributed by atoms with van der Waals surface area (Å²) in [5, 5.41) is 21.1. The summed E-state index contributed by atoms with van der Waals surface area (Å²) in [6, 6.07) is 3.67. The summed E-state index contributed by atoms with van der Waals surface area (Å²) >= 11 is 5.99. The number of halogens is 1. The van der Waals surface area contributed by atoms with Crippen molar-refractivity contribution in [2.75, 3.05) is 11.9 Å². The van der Waals surface area contributed by atoms with Gasteiger partial charge >= 0.3 is 0 Å². The van der Waals surface area contributed by atoms with Gasteiger partial charge in [0.15, 0.2) is 22.4 Å². The molecule has 5 nitrogen and oxygen atoms in total. The van der Waals surface area contributed by atoms with Crippen molar-refractivity contribution in [3.8, 4) is 12.1 Å². The van der Waals surface area contributed by atoms with Crippen LogP contribution in [0.15, 0.2) is 0 Å². The van der Waals surface area contributed by atoms with Crippen molar-refractivity contribution >= 4 is 17.4 Å². The molecule has 1 aromatic rings. The minimum Gasteiger partial charge on any atom is -0.367 e. The second-order valence-electron chi connectivity index (χ2n) is 5.75. The normalized spacial score (nSPS) is 13.3. The lowest BCUT2D eigenvalue weighted by molar-refractivity contribution is 0.335. The van der Waals surface area contributed by atoms with E-state index in [9.17, 15) is 0 Å². The number of nitriles is 2. The first-order valence-corrected chi connectivity index (χ1v) is 7.38. The third-order valence-electron chi connectivity index (χ3n) is 3.47. The third-order valence-corrected chi connectivity index (χ3v) is 3.73. The molecule has 0 aromatic carbocycles. The Hall–Kier alpha value is -1.85. The highest BCUT2D eigenvalue weighted by molar-refractivity contribution is 6.31. The van der Waals surface area contributed by atoms with Crippen LogP contribution in [0.1, 0.15) is 45.5 Å². The first kappa shape index (κ1) is 17.2. The lowest BCUT2D eigenvalue weighted by Crippen LogP contribution is -2.20. The van der Waals surface area contributed by atoms with Gasteiger partial charge in [-0.3, -0.25) is 0 Å². The maximum Gasteiger partial charge on any atom is 0.179 e. The molecule has 6 heteroatoms. The molecule has 0 bridgehead atoms. The van der Waals surface area contributed by atoms with Gasteiger partial charge < -0.3 is 5.32 Å². The van der Waals surface area contributed by atoms with Crippen LogP contribution < -0.4 is 5.32 Å². The molecular formula is C15H20ClN5. The van der Waals surface area contributed by atoms with Crippen LogP contribution in [-0.4, -0.2) is 16.5 Å². The third kappa shape index (κ3) is 4.88. The van der Waals surface area contributed by atoms with E-state index in [1.807, 2.05) is 12.1 Å². The van der Waals surface area contributed by atoms with Gasteiger partial charge in [-0.05, 0) is 24.2 Å². The largest absolute Gasteiger partial charge is 0.367 e. The number of nitrogens with one attached hydrogen (secondary N) is 1. The first-order valence-electron chi connectivity index (χ1n) is 7.00. The van der Waals surface area contributed by atoms with E-state index in [2.05, 4.69) is 43.0 Å². The van der Waals surface area contributed by atoms with Crippen molar-refractivity contribution in [1.29, 1.82) is 10.5 Å². The van der Waals surface area contributed by atoms with Gasteiger partial charge in [-0.2, -0.15) is 10.5 Å². The average molecular weight is 306 g/mol. The minimum atomic E-state index is -0.0470. The van der Waals surface area contributed by atoms with Crippen molar-refractivity contribution in [3.63, 3.8) is 0 Å². The van der Waals surface area contributed by atoms with Gasteiger partial charge in [0.25, 0.3) is 0 Å². The van der Waals surface area contributed by atoms with Crippen LogP contribution in [0.2, 0.25) is 5.15 Å². The number of anilines is 1. The fourth-order valence-corrected chi connectivity index (χ4v) is 2.31. The molecule has 0 saturated carbocycles. The minimum absolute atomic E-state index is 0.00715. The van der Waals surface area contributed by atoms with Crippen molar-refractivity contribution in [2.24, 2.45) is 17.8 Å². The molecule has 0 aliphatic rings. The summed E-state index contributed by atoms with van der Waals surface area (Å²) in [6.45, 7) is 9.49. The monoisotopic (exact) mass is 305 g/mol. The number of rotatable bonds is 6. The van der Waals surface area contributed by atoms with Crippen molar-refractivity contribution in [1.82, 2.24) is 9.97 Å². The molecule has 0 radical (unpaired) electrons. The second kappa shape index (κ2) is 7.81. The zero-order valence-corrected chi connectivity index (χ0v) is 13.6. The summed E-state index contributed by atoms with van der Waals surface area (Å²) in [7, 11) is 0. The van der Waals surface area contributed by atoms with Crippen LogP contribution in [0.4, 0.5) is 5.82 Å². The smallest absolute Gasteiger partial charge is 0.179 e. The van der Waals surface area contributed by atoms with Crippen LogP contribution in [-0.2, 0) is 0 Å². The van der Waals surface area contributed by atoms with Crippen molar-refractivity contribution in [3.05, 3.63) is 16.5 Å². The Kier molecular flexibility index (Phi) is 6.39. The van der Waals surface area contributed by atoms with E-state index in [-0.39, 0.29) is 16.5 Å². The molecule has 0 spiro atoms. The Morgan fingerprint density at radius 1 is 1.05 bits per heavy atom. The fourth-order valence-electron chi connectivity index (χ4n) is 2.12. The zero-order valence-electron chi connectivity index (χ0n) is 12.8. The molecule has 0 aliphatic heterocycles. The van der Waals surface area contributed by atoms with Crippen LogP contribution in [0.3, 0.4) is 0 Å². The number of hydrogen-bond acceptors (Lipinski definition) is 5. The number of aromatic nitrogens is 2. The Bertz CT molecular complexity index is 571. The van der Waals surface area contributed by atoms with Gasteiger partial charge in [0.05, 0.1) is 0 Å². The van der Waals surface area contributed by atoms with E-state index in [1.165, 1.54) is 0 Å². The standard InChI is InChI=1S/C15H20ClN5/c1-9(2)5-10(3)11(4)8-19-15-14(16)20-12(6-17)13(7-18)21-15/h9-11H,5,8H2,1-4H3,(H,19,21). The van der Waals surface area contributed by atoms with E-state index in [0.29, 0.717) is 30.1 Å². The molecule has 1 N–H and O–H groups in total. The van der Waals surface area contributed by atoms with Crippen molar-refractivity contribution < 1.29 is 0 Å². The van der Waals surface area contributed by atoms with E-state index in [4.69, 9.17) is 22.1 Å². The summed E-state index contributed by atoms with van der Waals surface area (Å²) in [6.07, 6.45) is 1.15. The summed E-state index contributed by atoms with van der Waals surface area (Å²) in [5.41, 5.74) is -0.0541. The molecular weight excluding hydrogens is 286 g/mol. The summed E-state index contributed by atoms with van der Waals surface area (Å²) < 4.78 is 0. The molecule has 21 heavy (non-hydrogen) atoms. The maximum atomic E-state index is 8.96. The Morgan fingerprint density at radius 2 is 1.62 bits per heavy atom. The zero-order chi connectivity index (χ0) is 16.0. The van der Waals surface area contributed by atoms with Crippen LogP contribution in [0, 0.1) is 40.4 Å². The number of hydrogen-bond donors (Lipinski definition) is 1. The SMILES string of the molecule is CC(C)CC(C)C(C)CNc1nc(C#N)c(C#N)nc1Cl. The number of nitrogens with zero attached hydrogens (tertiary/aromatic N) is 4. The predicted octanol–water partition coefficient (Wildman–Crippen LogP) is 3.60. The van der Waals surface area contributed by atoms with E-state index >= 15 is 0 Å². The molecule has 1 rings (SSSR count). The highest BCUT2D eigenvalue weighted by Crippen LogP contribution is 2.22. The van der Waals surface area contributed by atoms with Gasteiger partial charge in [0, 0.05) is 6.54 Å². The molecule has 1 aromatic heterocycles. The fraction of sp³-hybridized carbons (Fsp3) is 0.600. The second-order valence-corrected chi connectivity index (χ2v) is 6.11. The highest BCUT2D eigenvalue weighted by atomic mass is 35.5. The summed E-state index contributed by atoms with van der Waals surface area (Å²) in [5.74, 6) is 2.02. The van der Waals surface area contributed by atoms with E-state index < -0.39 is 0 Å². The molecule has 0 fully saturated rings. The van der Waals surface area contributed by atoms with E-state index in [0.717, 1.165) is 6.42 Å². The Labute approximate surface area is 131 Å². The molecule has 0 aliphatic carbocycles. The van der Waals surface area contributed by atoms with Gasteiger partial charge in [-0.25, -0.2) is 9.97 Å². The Morgan fingerprint density at radius 3 is 2.14 bits per heavy atom. The average Bonchev–Trinajstić information content (AvgIpc) is 2.44. The highest BCUT2D eigenvalue weighted by Gasteiger charge is 2.16. The first-order chi connectivity index (χ1) is 9.88. The predicted molar refractivity (Wildman–Crippen MR) is 82.7 cm³/mol. The lowest BCUT2D eigenvalue weighted by Gasteiger charge is -2.22. The van der Waals surface area contributed by atoms with Gasteiger partial charge in [0.2, 0.25) is 0 Å². The lowest BCUT2D eigenvalue weighted by atomic mass is 9.88. The topological polar surface area (TPSA) is 85.4 Å². The van der Waals surface area contributed by atoms with Crippen LogP contribution >= 0.6 is 11.6 Å². The van der Waals surface area contributed by atoms with Gasteiger partial charge in [-0.15, -0.1) is 0 Å². The molecule has 112 valence electrons. The Balaban J connectivity index is 2.76. The molecule has 1 heterocycles. The van der Waals surface area contributed by atoms with Crippen LogP contribution in [0.5, 0.6) is 0 Å². The van der Waals surface area contributed by atoms with E-state index in [1.54, 1.807) is 0 Å². The van der Waals surface area contributed by atoms with Crippen molar-refractivity contribution in [2.45, 2.75) is 34.1 Å². The molecule has 0 saturated heterocycles. The molecule has 2 unspecified atom stereocenters. The molecule has 0 amide bonds. The van der Waals surface area contributed by atoms with Gasteiger partial charge in [0.1, 0.15) is 12.1 Å². The quantitative estimate of drug-likeness (QED) is 0.867. The molecule has 2 atom stereocenters.